The largest absolute Gasteiger partial charge is 0.414 e. The number of amides is 2. The Balaban J connectivity index is 2.71. The van der Waals surface area contributed by atoms with Crippen molar-refractivity contribution >= 4 is 22.9 Å². The summed E-state index contributed by atoms with van der Waals surface area (Å²) in [6, 6.07) is 5.49. The third-order valence-corrected chi connectivity index (χ3v) is 3.68. The molecule has 0 fully saturated rings. The van der Waals surface area contributed by atoms with Gasteiger partial charge < -0.3 is 14.5 Å². The van der Waals surface area contributed by atoms with E-state index in [-0.39, 0.29) is 5.91 Å². The van der Waals surface area contributed by atoms with E-state index >= 15 is 0 Å². The fourth-order valence-corrected chi connectivity index (χ4v) is 2.41. The molecule has 0 saturated heterocycles. The van der Waals surface area contributed by atoms with Crippen LogP contribution in [0.3, 0.4) is 0 Å². The molecule has 0 atom stereocenters. The van der Waals surface area contributed by atoms with E-state index in [4.69, 9.17) is 4.74 Å². The Morgan fingerprint density at radius 1 is 1.09 bits per heavy atom. The van der Waals surface area contributed by atoms with Crippen LogP contribution in [0.1, 0.15) is 15.9 Å². The van der Waals surface area contributed by atoms with E-state index in [1.54, 1.807) is 40.5 Å². The van der Waals surface area contributed by atoms with Gasteiger partial charge >= 0.3 is 6.09 Å². The van der Waals surface area contributed by atoms with Crippen LogP contribution in [0.2, 0.25) is 0 Å². The topological polar surface area (TPSA) is 53.7 Å². The molecule has 2 amide bonds. The zero-order chi connectivity index (χ0) is 17.3. The number of pyridine rings is 1. The fraction of sp³-hybridized carbons (Fsp3) is 0.353. The van der Waals surface area contributed by atoms with E-state index in [9.17, 15) is 9.59 Å². The maximum atomic E-state index is 12.4. The van der Waals surface area contributed by atoms with Crippen LogP contribution < -0.4 is 9.30 Å². The molecule has 0 aliphatic rings. The third kappa shape index (κ3) is 3.11. The quantitative estimate of drug-likeness (QED) is 0.793. The molecular formula is C17H22N3O3+. The average molecular weight is 316 g/mol. The molecule has 1 aromatic carbocycles. The maximum absolute atomic E-state index is 12.4. The van der Waals surface area contributed by atoms with Crippen LogP contribution in [0.5, 0.6) is 5.75 Å². The van der Waals surface area contributed by atoms with Crippen molar-refractivity contribution in [3.8, 4) is 5.75 Å². The van der Waals surface area contributed by atoms with Crippen LogP contribution in [0.15, 0.2) is 24.4 Å². The van der Waals surface area contributed by atoms with Gasteiger partial charge in [0.25, 0.3) is 5.91 Å². The number of fused-ring (bicyclic) bond motifs is 1. The molecule has 0 radical (unpaired) electrons. The first-order valence-electron chi connectivity index (χ1n) is 7.26. The molecule has 0 bridgehead atoms. The van der Waals surface area contributed by atoms with Gasteiger partial charge in [0.15, 0.2) is 6.20 Å². The summed E-state index contributed by atoms with van der Waals surface area (Å²) in [5, 5.41) is 0.762. The Kier molecular flexibility index (Phi) is 4.54. The highest BCUT2D eigenvalue weighted by atomic mass is 16.6. The molecule has 0 aliphatic carbocycles. The van der Waals surface area contributed by atoms with Gasteiger partial charge in [0.05, 0.1) is 5.39 Å². The Morgan fingerprint density at radius 2 is 1.74 bits per heavy atom. The smallest absolute Gasteiger partial charge is 0.409 e. The number of carbonyl (C=O) groups is 2. The normalized spacial score (nSPS) is 10.5. The Bertz CT molecular complexity index is 782. The summed E-state index contributed by atoms with van der Waals surface area (Å²) in [6.07, 6.45) is 1.35. The minimum absolute atomic E-state index is 0.0891. The molecule has 2 aromatic rings. The van der Waals surface area contributed by atoms with Crippen molar-refractivity contribution in [3.05, 3.63) is 35.5 Å². The van der Waals surface area contributed by atoms with Crippen LogP contribution in [-0.4, -0.2) is 50.0 Å². The second-order valence-corrected chi connectivity index (χ2v) is 5.89. The summed E-state index contributed by atoms with van der Waals surface area (Å²) in [6.45, 7) is 1.87. The second-order valence-electron chi connectivity index (χ2n) is 5.89. The van der Waals surface area contributed by atoms with Crippen molar-refractivity contribution in [1.29, 1.82) is 0 Å². The first-order valence-corrected chi connectivity index (χ1v) is 7.26. The predicted molar refractivity (Wildman–Crippen MR) is 87.6 cm³/mol. The van der Waals surface area contributed by atoms with Crippen LogP contribution in [0.4, 0.5) is 4.79 Å². The number of benzene rings is 1. The average Bonchev–Trinajstić information content (AvgIpc) is 2.49. The lowest BCUT2D eigenvalue weighted by Crippen LogP contribution is -2.33. The van der Waals surface area contributed by atoms with E-state index in [2.05, 4.69) is 0 Å². The van der Waals surface area contributed by atoms with Crippen molar-refractivity contribution in [2.24, 2.45) is 7.05 Å². The summed E-state index contributed by atoms with van der Waals surface area (Å²) in [7, 11) is 8.54. The Labute approximate surface area is 135 Å². The van der Waals surface area contributed by atoms with Crippen molar-refractivity contribution in [1.82, 2.24) is 9.80 Å². The number of carbonyl (C=O) groups excluding carboxylic acids is 2. The Hall–Kier alpha value is -2.63. The Morgan fingerprint density at radius 3 is 2.30 bits per heavy atom. The summed E-state index contributed by atoms with van der Waals surface area (Å²) >= 11 is 0. The van der Waals surface area contributed by atoms with Gasteiger partial charge in [0.2, 0.25) is 5.52 Å². The summed E-state index contributed by atoms with van der Waals surface area (Å²) < 4.78 is 7.34. The van der Waals surface area contributed by atoms with Crippen molar-refractivity contribution in [2.45, 2.75) is 6.92 Å². The highest BCUT2D eigenvalue weighted by molar-refractivity contribution is 6.00. The van der Waals surface area contributed by atoms with Gasteiger partial charge in [0, 0.05) is 34.3 Å². The molecule has 0 N–H and O–H groups in total. The van der Waals surface area contributed by atoms with Crippen molar-refractivity contribution in [3.63, 3.8) is 0 Å². The van der Waals surface area contributed by atoms with E-state index < -0.39 is 6.09 Å². The lowest BCUT2D eigenvalue weighted by molar-refractivity contribution is -0.645. The third-order valence-electron chi connectivity index (χ3n) is 3.68. The van der Waals surface area contributed by atoms with E-state index in [1.165, 1.54) is 9.80 Å². The monoisotopic (exact) mass is 316 g/mol. The zero-order valence-electron chi connectivity index (χ0n) is 14.4. The number of aryl methyl sites for hydroxylation is 2. The van der Waals surface area contributed by atoms with Gasteiger partial charge in [-0.15, -0.1) is 0 Å². The number of nitrogens with zero attached hydrogens (tertiary/aromatic N) is 3. The molecule has 1 heterocycles. The first-order chi connectivity index (χ1) is 10.7. The molecule has 0 aliphatic heterocycles. The van der Waals surface area contributed by atoms with Gasteiger partial charge in [0.1, 0.15) is 18.4 Å². The standard InChI is InChI=1S/C17H22N3O3/c1-11-12(16(21)18(2)3)10-20(6)13-8-7-9-14(15(11)13)23-17(22)19(4)5/h7-10H,1-6H3/q+1. The van der Waals surface area contributed by atoms with Gasteiger partial charge in [-0.2, -0.15) is 0 Å². The molecular weight excluding hydrogens is 294 g/mol. The van der Waals surface area contributed by atoms with Gasteiger partial charge in [-0.3, -0.25) is 4.79 Å². The summed E-state index contributed by atoms with van der Waals surface area (Å²) in [5.74, 6) is 0.358. The van der Waals surface area contributed by atoms with E-state index in [0.29, 0.717) is 11.3 Å². The molecule has 6 nitrogen and oxygen atoms in total. The molecule has 0 saturated carbocycles. The number of hydrogen-bond acceptors (Lipinski definition) is 3. The molecule has 122 valence electrons. The molecule has 23 heavy (non-hydrogen) atoms. The van der Waals surface area contributed by atoms with E-state index in [0.717, 1.165) is 16.5 Å². The predicted octanol–water partition coefficient (Wildman–Crippen LogP) is 1.73. The molecule has 1 aromatic heterocycles. The lowest BCUT2D eigenvalue weighted by Gasteiger charge is -2.15. The minimum atomic E-state index is -0.455. The van der Waals surface area contributed by atoms with E-state index in [1.807, 2.05) is 30.7 Å². The molecule has 2 rings (SSSR count). The summed E-state index contributed by atoms with van der Waals surface area (Å²) in [5.41, 5.74) is 2.26. The second kappa shape index (κ2) is 6.24. The summed E-state index contributed by atoms with van der Waals surface area (Å²) in [4.78, 5) is 27.2. The number of aromatic nitrogens is 1. The van der Waals surface area contributed by atoms with Gasteiger partial charge in [-0.25, -0.2) is 9.36 Å². The van der Waals surface area contributed by atoms with Crippen molar-refractivity contribution < 1.29 is 18.9 Å². The highest BCUT2D eigenvalue weighted by Crippen LogP contribution is 2.29. The highest BCUT2D eigenvalue weighted by Gasteiger charge is 2.23. The van der Waals surface area contributed by atoms with Crippen molar-refractivity contribution in [2.75, 3.05) is 28.2 Å². The number of ether oxygens (including phenoxy) is 1. The van der Waals surface area contributed by atoms with Gasteiger partial charge in [-0.1, -0.05) is 6.07 Å². The SMILES string of the molecule is Cc1c(C(=O)N(C)C)c[n+](C)c2cccc(OC(=O)N(C)C)c12. The molecule has 6 heteroatoms. The minimum Gasteiger partial charge on any atom is -0.409 e. The fourth-order valence-electron chi connectivity index (χ4n) is 2.41. The van der Waals surface area contributed by atoms with Crippen LogP contribution in [0, 0.1) is 6.92 Å². The first kappa shape index (κ1) is 16.7. The zero-order valence-corrected chi connectivity index (χ0v) is 14.4. The van der Waals surface area contributed by atoms with Crippen LogP contribution in [0.25, 0.3) is 10.9 Å². The van der Waals surface area contributed by atoms with Gasteiger partial charge in [-0.05, 0) is 18.6 Å². The maximum Gasteiger partial charge on any atom is 0.414 e. The number of rotatable bonds is 2. The van der Waals surface area contributed by atoms with Crippen LogP contribution >= 0.6 is 0 Å². The van der Waals surface area contributed by atoms with Crippen LogP contribution in [-0.2, 0) is 7.05 Å². The molecule has 0 spiro atoms. The molecule has 0 unspecified atom stereocenters. The number of hydrogen-bond donors (Lipinski definition) is 0. The lowest BCUT2D eigenvalue weighted by atomic mass is 10.0.